The van der Waals surface area contributed by atoms with Gasteiger partial charge >= 0.3 is 0 Å². The van der Waals surface area contributed by atoms with Gasteiger partial charge in [0.2, 0.25) is 0 Å². The molecule has 2 aliphatic carbocycles. The summed E-state index contributed by atoms with van der Waals surface area (Å²) in [5.41, 5.74) is 2.53. The second kappa shape index (κ2) is 11.7. The molecule has 4 heterocycles. The lowest BCUT2D eigenvalue weighted by Gasteiger charge is -2.42. The molecule has 2 aromatic heterocycles. The number of hydrogen-bond acceptors (Lipinski definition) is 7. The van der Waals surface area contributed by atoms with Crippen LogP contribution in [0.15, 0.2) is 48.8 Å². The van der Waals surface area contributed by atoms with Crippen LogP contribution in [0.4, 0.5) is 5.82 Å². The summed E-state index contributed by atoms with van der Waals surface area (Å²) in [6, 6.07) is 14.0. The van der Waals surface area contributed by atoms with E-state index in [1.807, 2.05) is 41.6 Å². The maximum Gasteiger partial charge on any atom is 0.275 e. The van der Waals surface area contributed by atoms with Crippen LogP contribution in [0.1, 0.15) is 73.6 Å². The number of piperazine rings is 1. The average molecular weight is 571 g/mol. The Labute approximate surface area is 247 Å². The van der Waals surface area contributed by atoms with E-state index in [0.29, 0.717) is 31.3 Å². The Morgan fingerprint density at radius 2 is 2.02 bits per heavy atom. The summed E-state index contributed by atoms with van der Waals surface area (Å²) in [7, 11) is 0. The van der Waals surface area contributed by atoms with E-state index in [1.54, 1.807) is 0 Å². The van der Waals surface area contributed by atoms with E-state index in [0.717, 1.165) is 86.6 Å². The van der Waals surface area contributed by atoms with Gasteiger partial charge in [-0.3, -0.25) is 4.79 Å². The Bertz CT molecular complexity index is 1410. The number of fused-ring (bicyclic) bond motifs is 1. The number of imidazole rings is 1. The highest BCUT2D eigenvalue weighted by Gasteiger charge is 2.45. The summed E-state index contributed by atoms with van der Waals surface area (Å²) in [4.78, 5) is 25.8. The van der Waals surface area contributed by atoms with Gasteiger partial charge in [-0.05, 0) is 43.7 Å². The van der Waals surface area contributed by atoms with Gasteiger partial charge < -0.3 is 29.9 Å². The highest BCUT2D eigenvalue weighted by molar-refractivity contribution is 5.98. The third-order valence-corrected chi connectivity index (χ3v) is 9.60. The minimum absolute atomic E-state index is 0.0338. The molecule has 0 spiro atoms. The van der Waals surface area contributed by atoms with Gasteiger partial charge in [0.15, 0.2) is 5.69 Å². The standard InChI is InChI=1S/C33H42N6O3/c40-32(38-18-17-34-21-25(38)13-16-35-29-12-11-27-26(37-29)14-19-42-27)30-31(24-6-2-1-3-7-24)39(22-36-30)28-8-4-5-15-33(28,41)20-23-9-10-23/h1-3,6-7,11-12,22-23,25,28,34,41H,4-5,8-10,13-21H2,(H,35,37)/t25-,28-,33-/m1/s1. The molecule has 1 aromatic carbocycles. The zero-order chi connectivity index (χ0) is 28.5. The van der Waals surface area contributed by atoms with Crippen molar-refractivity contribution in [3.05, 3.63) is 60.2 Å². The Kier molecular flexibility index (Phi) is 7.63. The van der Waals surface area contributed by atoms with E-state index in [4.69, 9.17) is 14.7 Å². The second-order valence-corrected chi connectivity index (χ2v) is 12.5. The van der Waals surface area contributed by atoms with E-state index in [2.05, 4.69) is 27.3 Å². The lowest BCUT2D eigenvalue weighted by molar-refractivity contribution is -0.0518. The number of pyridine rings is 1. The number of aliphatic hydroxyl groups is 1. The number of carbonyl (C=O) groups excluding carboxylic acids is 1. The molecule has 4 aliphatic rings. The molecule has 0 radical (unpaired) electrons. The molecule has 2 aliphatic heterocycles. The van der Waals surface area contributed by atoms with Crippen LogP contribution < -0.4 is 15.4 Å². The number of aromatic nitrogens is 3. The molecule has 42 heavy (non-hydrogen) atoms. The quantitative estimate of drug-likeness (QED) is 0.349. The molecule has 9 heteroatoms. The third kappa shape index (κ3) is 5.52. The molecular formula is C33H42N6O3. The van der Waals surface area contributed by atoms with Crippen molar-refractivity contribution < 1.29 is 14.6 Å². The number of ether oxygens (including phenoxy) is 1. The first kappa shape index (κ1) is 27.4. The molecule has 0 unspecified atom stereocenters. The first-order valence-corrected chi connectivity index (χ1v) is 15.8. The number of nitrogens with one attached hydrogen (secondary N) is 2. The number of anilines is 1. The maximum absolute atomic E-state index is 14.3. The van der Waals surface area contributed by atoms with Crippen molar-refractivity contribution in [2.24, 2.45) is 5.92 Å². The predicted molar refractivity (Wildman–Crippen MR) is 162 cm³/mol. The van der Waals surface area contributed by atoms with E-state index < -0.39 is 5.60 Å². The first-order chi connectivity index (χ1) is 20.6. The summed E-state index contributed by atoms with van der Waals surface area (Å²) < 4.78 is 7.73. The highest BCUT2D eigenvalue weighted by atomic mass is 16.5. The van der Waals surface area contributed by atoms with E-state index in [-0.39, 0.29) is 18.0 Å². The Morgan fingerprint density at radius 1 is 1.14 bits per heavy atom. The minimum Gasteiger partial charge on any atom is -0.491 e. The van der Waals surface area contributed by atoms with Gasteiger partial charge in [-0.15, -0.1) is 0 Å². The Hall–Kier alpha value is -3.43. The van der Waals surface area contributed by atoms with Crippen LogP contribution in [-0.4, -0.2) is 74.9 Å². The smallest absolute Gasteiger partial charge is 0.275 e. The molecule has 7 rings (SSSR count). The SMILES string of the molecule is O=C(c1ncn([C@@H]2CCCC[C@@]2(O)CC2CC2)c1-c1ccccc1)N1CCNC[C@H]1CCNc1ccc2c(n1)CCO2. The van der Waals surface area contributed by atoms with Gasteiger partial charge in [0.25, 0.3) is 5.91 Å². The van der Waals surface area contributed by atoms with Gasteiger partial charge in [0.1, 0.15) is 11.6 Å². The summed E-state index contributed by atoms with van der Waals surface area (Å²) in [5.74, 6) is 2.31. The molecule has 9 nitrogen and oxygen atoms in total. The topological polar surface area (TPSA) is 105 Å². The fourth-order valence-electron chi connectivity index (χ4n) is 7.24. The second-order valence-electron chi connectivity index (χ2n) is 12.5. The molecule has 1 saturated heterocycles. The van der Waals surface area contributed by atoms with E-state index in [1.165, 1.54) is 12.8 Å². The van der Waals surface area contributed by atoms with Gasteiger partial charge in [-0.1, -0.05) is 56.0 Å². The molecule has 3 aromatic rings. The fraction of sp³-hybridized carbons (Fsp3) is 0.545. The predicted octanol–water partition coefficient (Wildman–Crippen LogP) is 4.44. The van der Waals surface area contributed by atoms with E-state index in [9.17, 15) is 9.90 Å². The molecule has 222 valence electrons. The van der Waals surface area contributed by atoms with Crippen molar-refractivity contribution in [3.63, 3.8) is 0 Å². The number of amides is 1. The molecule has 3 fully saturated rings. The summed E-state index contributed by atoms with van der Waals surface area (Å²) in [5, 5.41) is 18.9. The monoisotopic (exact) mass is 570 g/mol. The van der Waals surface area contributed by atoms with Crippen LogP contribution in [0.3, 0.4) is 0 Å². The zero-order valence-electron chi connectivity index (χ0n) is 24.3. The van der Waals surface area contributed by atoms with Crippen molar-refractivity contribution in [2.75, 3.05) is 38.1 Å². The minimum atomic E-state index is -0.759. The van der Waals surface area contributed by atoms with Crippen LogP contribution in [0.25, 0.3) is 11.3 Å². The number of carbonyl (C=O) groups is 1. The van der Waals surface area contributed by atoms with Crippen LogP contribution in [-0.2, 0) is 6.42 Å². The van der Waals surface area contributed by atoms with Crippen LogP contribution in [0.5, 0.6) is 5.75 Å². The van der Waals surface area contributed by atoms with E-state index >= 15 is 0 Å². The maximum atomic E-state index is 14.3. The van der Waals surface area contributed by atoms with Crippen molar-refractivity contribution in [1.82, 2.24) is 24.8 Å². The normalized spacial score (nSPS) is 25.6. The van der Waals surface area contributed by atoms with Gasteiger partial charge in [-0.25, -0.2) is 9.97 Å². The average Bonchev–Trinajstić information content (AvgIpc) is 3.51. The summed E-state index contributed by atoms with van der Waals surface area (Å²) in [6.07, 6.45) is 10.6. The lowest BCUT2D eigenvalue weighted by Crippen LogP contribution is -2.54. The van der Waals surface area contributed by atoms with Gasteiger partial charge in [0, 0.05) is 44.2 Å². The molecule has 3 atom stereocenters. The molecule has 1 amide bonds. The fourth-order valence-corrected chi connectivity index (χ4v) is 7.24. The zero-order valence-corrected chi connectivity index (χ0v) is 24.3. The third-order valence-electron chi connectivity index (χ3n) is 9.60. The largest absolute Gasteiger partial charge is 0.491 e. The van der Waals surface area contributed by atoms with Crippen molar-refractivity contribution in [2.45, 2.75) is 75.5 Å². The van der Waals surface area contributed by atoms with Gasteiger partial charge in [-0.2, -0.15) is 0 Å². The number of rotatable bonds is 9. The van der Waals surface area contributed by atoms with Crippen LogP contribution >= 0.6 is 0 Å². The van der Waals surface area contributed by atoms with Crippen LogP contribution in [0.2, 0.25) is 0 Å². The number of nitrogens with zero attached hydrogens (tertiary/aromatic N) is 4. The Balaban J connectivity index is 1.13. The molecule has 0 bridgehead atoms. The molecule has 2 saturated carbocycles. The van der Waals surface area contributed by atoms with Gasteiger partial charge in [0.05, 0.1) is 36.0 Å². The number of hydrogen-bond donors (Lipinski definition) is 3. The van der Waals surface area contributed by atoms with Crippen molar-refractivity contribution in [3.8, 4) is 17.0 Å². The highest BCUT2D eigenvalue weighted by Crippen LogP contribution is 2.48. The van der Waals surface area contributed by atoms with Crippen molar-refractivity contribution in [1.29, 1.82) is 0 Å². The number of benzene rings is 1. The molecular weight excluding hydrogens is 528 g/mol. The summed E-state index contributed by atoms with van der Waals surface area (Å²) in [6.45, 7) is 3.53. The summed E-state index contributed by atoms with van der Waals surface area (Å²) >= 11 is 0. The lowest BCUT2D eigenvalue weighted by atomic mass is 9.76. The molecule has 3 N–H and O–H groups in total. The Morgan fingerprint density at radius 3 is 2.88 bits per heavy atom. The first-order valence-electron chi connectivity index (χ1n) is 15.8. The van der Waals surface area contributed by atoms with Crippen molar-refractivity contribution >= 4 is 11.7 Å². The van der Waals surface area contributed by atoms with Crippen LogP contribution in [0, 0.1) is 5.92 Å².